The molecule has 4 rings (SSSR count). The molecule has 2 heterocycles. The van der Waals surface area contributed by atoms with Crippen molar-refractivity contribution in [3.05, 3.63) is 64.1 Å². The number of pyridine rings is 1. The van der Waals surface area contributed by atoms with Crippen LogP contribution in [-0.4, -0.2) is 27.9 Å². The smallest absolute Gasteiger partial charge is 0.339 e. The van der Waals surface area contributed by atoms with E-state index in [4.69, 9.17) is 4.74 Å². The van der Waals surface area contributed by atoms with E-state index in [0.717, 1.165) is 52.8 Å². The van der Waals surface area contributed by atoms with Crippen molar-refractivity contribution in [1.29, 1.82) is 0 Å². The van der Waals surface area contributed by atoms with Crippen LogP contribution < -0.4 is 0 Å². The number of fused-ring (bicyclic) bond motifs is 2. The first-order chi connectivity index (χ1) is 13.0. The molecule has 1 aliphatic rings. The molecule has 2 aromatic heterocycles. The number of carbonyl (C=O) groups excluding carboxylic acids is 2. The zero-order valence-electron chi connectivity index (χ0n) is 15.8. The Morgan fingerprint density at radius 1 is 1.19 bits per heavy atom. The Labute approximate surface area is 158 Å². The largest absolute Gasteiger partial charge is 0.454 e. The standard InChI is InChI=1S/C22H22N2O3/c1-13-11-17(14(2)24(13)3)20(25)12-27-22(26)21-15-7-4-5-9-18(15)23-19-10-6-8-16(19)21/h4-5,7,9,11H,6,8,10,12H2,1-3H3. The van der Waals surface area contributed by atoms with Crippen molar-refractivity contribution >= 4 is 22.7 Å². The van der Waals surface area contributed by atoms with E-state index in [9.17, 15) is 9.59 Å². The van der Waals surface area contributed by atoms with E-state index in [1.807, 2.05) is 55.8 Å². The van der Waals surface area contributed by atoms with Crippen LogP contribution in [0.5, 0.6) is 0 Å². The number of hydrogen-bond acceptors (Lipinski definition) is 4. The number of carbonyl (C=O) groups is 2. The molecule has 0 radical (unpaired) electrons. The van der Waals surface area contributed by atoms with Crippen molar-refractivity contribution in [1.82, 2.24) is 9.55 Å². The second-order valence-electron chi connectivity index (χ2n) is 7.13. The lowest BCUT2D eigenvalue weighted by Crippen LogP contribution is -2.17. The van der Waals surface area contributed by atoms with Crippen molar-refractivity contribution in [3.63, 3.8) is 0 Å². The number of aromatic nitrogens is 2. The SMILES string of the molecule is Cc1cc(C(=O)COC(=O)c2c3c(nc4ccccc24)CCC3)c(C)n1C. The van der Waals surface area contributed by atoms with Crippen LogP contribution in [0.1, 0.15) is 49.8 Å². The van der Waals surface area contributed by atoms with Crippen molar-refractivity contribution in [3.8, 4) is 0 Å². The number of ketones is 1. The van der Waals surface area contributed by atoms with E-state index < -0.39 is 5.97 Å². The topological polar surface area (TPSA) is 61.2 Å². The Morgan fingerprint density at radius 3 is 2.70 bits per heavy atom. The summed E-state index contributed by atoms with van der Waals surface area (Å²) in [4.78, 5) is 30.2. The van der Waals surface area contributed by atoms with Crippen LogP contribution in [0.3, 0.4) is 0 Å². The number of para-hydroxylation sites is 1. The average molecular weight is 362 g/mol. The Bertz CT molecular complexity index is 1080. The molecule has 0 N–H and O–H groups in total. The second kappa shape index (κ2) is 6.65. The van der Waals surface area contributed by atoms with E-state index in [-0.39, 0.29) is 12.4 Å². The minimum Gasteiger partial charge on any atom is -0.454 e. The Hall–Kier alpha value is -2.95. The normalized spacial score (nSPS) is 13.0. The molecule has 0 spiro atoms. The summed E-state index contributed by atoms with van der Waals surface area (Å²) in [5.41, 5.74) is 5.80. The zero-order chi connectivity index (χ0) is 19.1. The van der Waals surface area contributed by atoms with Crippen LogP contribution in [0.25, 0.3) is 10.9 Å². The van der Waals surface area contributed by atoms with Gasteiger partial charge in [0.1, 0.15) is 0 Å². The van der Waals surface area contributed by atoms with Crippen LogP contribution in [0.4, 0.5) is 0 Å². The van der Waals surface area contributed by atoms with Gasteiger partial charge in [-0.05, 0) is 50.8 Å². The highest BCUT2D eigenvalue weighted by Crippen LogP contribution is 2.30. The first-order valence-electron chi connectivity index (χ1n) is 9.21. The first-order valence-corrected chi connectivity index (χ1v) is 9.21. The van der Waals surface area contributed by atoms with Crippen LogP contribution in [0.15, 0.2) is 30.3 Å². The molecular weight excluding hydrogens is 340 g/mol. The third-order valence-electron chi connectivity index (χ3n) is 5.53. The molecule has 138 valence electrons. The summed E-state index contributed by atoms with van der Waals surface area (Å²) in [6.45, 7) is 3.59. The van der Waals surface area contributed by atoms with Gasteiger partial charge >= 0.3 is 5.97 Å². The predicted molar refractivity (Wildman–Crippen MR) is 103 cm³/mol. The maximum atomic E-state index is 12.9. The third-order valence-corrected chi connectivity index (χ3v) is 5.53. The lowest BCUT2D eigenvalue weighted by atomic mass is 10.0. The molecule has 1 aromatic carbocycles. The first kappa shape index (κ1) is 17.5. The highest BCUT2D eigenvalue weighted by atomic mass is 16.5. The number of nitrogens with zero attached hydrogens (tertiary/aromatic N) is 2. The minimum atomic E-state index is -0.439. The molecule has 5 heteroatoms. The fraction of sp³-hybridized carbons (Fsp3) is 0.318. The van der Waals surface area contributed by atoms with Crippen molar-refractivity contribution in [2.24, 2.45) is 7.05 Å². The third kappa shape index (κ3) is 2.93. The van der Waals surface area contributed by atoms with Crippen LogP contribution in [0, 0.1) is 13.8 Å². The summed E-state index contributed by atoms with van der Waals surface area (Å²) in [5, 5.41) is 0.794. The molecule has 3 aromatic rings. The van der Waals surface area contributed by atoms with Crippen molar-refractivity contribution in [2.45, 2.75) is 33.1 Å². The number of aryl methyl sites for hydroxylation is 2. The zero-order valence-corrected chi connectivity index (χ0v) is 15.8. The molecule has 1 aliphatic carbocycles. The minimum absolute atomic E-state index is 0.181. The molecule has 0 amide bonds. The van der Waals surface area contributed by atoms with Gasteiger partial charge in [0.15, 0.2) is 6.61 Å². The molecule has 0 bridgehead atoms. The van der Waals surface area contributed by atoms with Gasteiger partial charge in [-0.25, -0.2) is 4.79 Å². The van der Waals surface area contributed by atoms with Gasteiger partial charge in [-0.2, -0.15) is 0 Å². The molecule has 27 heavy (non-hydrogen) atoms. The highest BCUT2D eigenvalue weighted by molar-refractivity contribution is 6.06. The number of rotatable bonds is 4. The molecule has 0 saturated heterocycles. The molecule has 0 aliphatic heterocycles. The number of benzene rings is 1. The van der Waals surface area contributed by atoms with E-state index in [1.165, 1.54) is 0 Å². The van der Waals surface area contributed by atoms with E-state index in [2.05, 4.69) is 4.98 Å². The molecule has 5 nitrogen and oxygen atoms in total. The number of Topliss-reactive ketones (excluding diaryl/α,β-unsaturated/α-hetero) is 1. The molecule has 0 unspecified atom stereocenters. The Kier molecular flexibility index (Phi) is 4.30. The van der Waals surface area contributed by atoms with Crippen molar-refractivity contribution < 1.29 is 14.3 Å². The lowest BCUT2D eigenvalue weighted by molar-refractivity contribution is 0.0475. The van der Waals surface area contributed by atoms with Crippen LogP contribution >= 0.6 is 0 Å². The lowest BCUT2D eigenvalue weighted by Gasteiger charge is -2.12. The predicted octanol–water partition coefficient (Wildman–Crippen LogP) is 3.72. The summed E-state index contributed by atoms with van der Waals surface area (Å²) in [6.07, 6.45) is 2.69. The average Bonchev–Trinajstić information content (AvgIpc) is 3.23. The van der Waals surface area contributed by atoms with Gasteiger partial charge in [-0.15, -0.1) is 0 Å². The monoisotopic (exact) mass is 362 g/mol. The maximum absolute atomic E-state index is 12.9. The van der Waals surface area contributed by atoms with Crippen LogP contribution in [-0.2, 0) is 24.6 Å². The quantitative estimate of drug-likeness (QED) is 0.524. The van der Waals surface area contributed by atoms with E-state index in [1.54, 1.807) is 0 Å². The number of ether oxygens (including phenoxy) is 1. The molecule has 0 fully saturated rings. The van der Waals surface area contributed by atoms with E-state index >= 15 is 0 Å². The number of hydrogen-bond donors (Lipinski definition) is 0. The van der Waals surface area contributed by atoms with Gasteiger partial charge in [-0.3, -0.25) is 9.78 Å². The van der Waals surface area contributed by atoms with Gasteiger partial charge < -0.3 is 9.30 Å². The van der Waals surface area contributed by atoms with Gasteiger partial charge in [0.2, 0.25) is 5.78 Å². The Morgan fingerprint density at radius 2 is 1.96 bits per heavy atom. The summed E-state index contributed by atoms with van der Waals surface area (Å²) < 4.78 is 7.41. The highest BCUT2D eigenvalue weighted by Gasteiger charge is 2.25. The van der Waals surface area contributed by atoms with Gasteiger partial charge in [0.05, 0.1) is 11.1 Å². The molecular formula is C22H22N2O3. The van der Waals surface area contributed by atoms with Crippen molar-refractivity contribution in [2.75, 3.05) is 6.61 Å². The number of esters is 1. The summed E-state index contributed by atoms with van der Waals surface area (Å²) in [5.74, 6) is -0.620. The summed E-state index contributed by atoms with van der Waals surface area (Å²) in [7, 11) is 1.92. The van der Waals surface area contributed by atoms with Gasteiger partial charge in [0, 0.05) is 35.1 Å². The fourth-order valence-electron chi connectivity index (χ4n) is 3.86. The molecule has 0 atom stereocenters. The second-order valence-corrected chi connectivity index (χ2v) is 7.13. The maximum Gasteiger partial charge on any atom is 0.339 e. The van der Waals surface area contributed by atoms with Gasteiger partial charge in [0.25, 0.3) is 0 Å². The summed E-state index contributed by atoms with van der Waals surface area (Å²) >= 11 is 0. The molecule has 0 saturated carbocycles. The van der Waals surface area contributed by atoms with Crippen LogP contribution in [0.2, 0.25) is 0 Å². The summed E-state index contributed by atoms with van der Waals surface area (Å²) in [6, 6.07) is 9.44. The fourth-order valence-corrected chi connectivity index (χ4v) is 3.86. The van der Waals surface area contributed by atoms with E-state index in [0.29, 0.717) is 11.1 Å². The van der Waals surface area contributed by atoms with Gasteiger partial charge in [-0.1, -0.05) is 18.2 Å². The Balaban J connectivity index is 1.62.